The highest BCUT2D eigenvalue weighted by Crippen LogP contribution is 2.42. The van der Waals surface area contributed by atoms with E-state index in [2.05, 4.69) is 52.1 Å². The highest BCUT2D eigenvalue weighted by molar-refractivity contribution is 7.14. The predicted molar refractivity (Wildman–Crippen MR) is 142 cm³/mol. The molecule has 0 saturated carbocycles. The molecule has 1 aromatic heterocycles. The van der Waals surface area contributed by atoms with Crippen LogP contribution in [0.1, 0.15) is 94.4 Å². The summed E-state index contributed by atoms with van der Waals surface area (Å²) in [6.45, 7) is 11.1. The third kappa shape index (κ3) is 7.03. The summed E-state index contributed by atoms with van der Waals surface area (Å²) in [4.78, 5) is 38.2. The predicted octanol–water partition coefficient (Wildman–Crippen LogP) is 5.78. The molecule has 5 nitrogen and oxygen atoms in total. The molecular formula is C29H39NO4S. The Hall–Kier alpha value is -2.47. The summed E-state index contributed by atoms with van der Waals surface area (Å²) < 4.78 is 0. The number of ketones is 1. The average molecular weight is 498 g/mol. The number of amides is 1. The summed E-state index contributed by atoms with van der Waals surface area (Å²) in [5, 5.41) is 11.3. The lowest BCUT2D eigenvalue weighted by molar-refractivity contribution is -0.136. The smallest absolute Gasteiger partial charge is 0.305 e. The highest BCUT2D eigenvalue weighted by atomic mass is 32.1. The van der Waals surface area contributed by atoms with Crippen LogP contribution in [0, 0.1) is 19.3 Å². The molecule has 0 atom stereocenters. The number of hydrogen-bond donors (Lipinski definition) is 2. The van der Waals surface area contributed by atoms with Gasteiger partial charge >= 0.3 is 5.97 Å². The van der Waals surface area contributed by atoms with E-state index >= 15 is 0 Å². The van der Waals surface area contributed by atoms with E-state index in [0.717, 1.165) is 59.2 Å². The van der Waals surface area contributed by atoms with Crippen LogP contribution in [0.4, 0.5) is 0 Å². The Labute approximate surface area is 213 Å². The summed E-state index contributed by atoms with van der Waals surface area (Å²) in [5.74, 6) is -0.781. The molecule has 2 aromatic rings. The zero-order valence-corrected chi connectivity index (χ0v) is 22.6. The molecule has 0 bridgehead atoms. The minimum atomic E-state index is -0.917. The third-order valence-electron chi connectivity index (χ3n) is 7.14. The largest absolute Gasteiger partial charge is 0.481 e. The van der Waals surface area contributed by atoms with Gasteiger partial charge in [0.05, 0.1) is 11.3 Å². The van der Waals surface area contributed by atoms with Crippen LogP contribution >= 0.6 is 11.3 Å². The normalized spacial score (nSPS) is 14.4. The molecule has 0 radical (unpaired) electrons. The Morgan fingerprint density at radius 2 is 1.71 bits per heavy atom. The second-order valence-corrected chi connectivity index (χ2v) is 11.7. The maximum absolute atomic E-state index is 13.3. The van der Waals surface area contributed by atoms with E-state index in [1.54, 1.807) is 11.3 Å². The maximum Gasteiger partial charge on any atom is 0.305 e. The second-order valence-electron chi connectivity index (χ2n) is 10.6. The second kappa shape index (κ2) is 11.5. The molecule has 1 aromatic carbocycles. The quantitative estimate of drug-likeness (QED) is 0.385. The van der Waals surface area contributed by atoms with Crippen molar-refractivity contribution in [3.8, 4) is 0 Å². The molecule has 3 rings (SSSR count). The molecule has 1 amide bonds. The number of rotatable bonds is 11. The third-order valence-corrected chi connectivity index (χ3v) is 8.60. The van der Waals surface area contributed by atoms with E-state index in [9.17, 15) is 14.4 Å². The number of carbonyl (C=O) groups is 3. The first-order chi connectivity index (χ1) is 16.5. The van der Waals surface area contributed by atoms with Crippen LogP contribution in [0.15, 0.2) is 12.1 Å². The molecule has 1 aliphatic rings. The summed E-state index contributed by atoms with van der Waals surface area (Å²) in [7, 11) is 0. The lowest BCUT2D eigenvalue weighted by Gasteiger charge is -2.30. The first-order valence-electron chi connectivity index (χ1n) is 12.7. The van der Waals surface area contributed by atoms with Crippen LogP contribution in [0.5, 0.6) is 0 Å². The fourth-order valence-electron chi connectivity index (χ4n) is 5.19. The Morgan fingerprint density at radius 3 is 2.34 bits per heavy atom. The van der Waals surface area contributed by atoms with E-state index in [0.29, 0.717) is 24.7 Å². The van der Waals surface area contributed by atoms with Gasteiger partial charge in [-0.3, -0.25) is 14.4 Å². The van der Waals surface area contributed by atoms with Crippen molar-refractivity contribution in [2.75, 3.05) is 6.54 Å². The van der Waals surface area contributed by atoms with Crippen molar-refractivity contribution >= 4 is 29.0 Å². The van der Waals surface area contributed by atoms with Crippen molar-refractivity contribution in [2.24, 2.45) is 5.41 Å². The number of carbonyl (C=O) groups excluding carboxylic acids is 2. The number of benzene rings is 1. The van der Waals surface area contributed by atoms with Gasteiger partial charge in [0.25, 0.3) is 0 Å². The Kier molecular flexibility index (Phi) is 8.92. The molecule has 1 aliphatic carbocycles. The minimum absolute atomic E-state index is 0.0662. The monoisotopic (exact) mass is 497 g/mol. The standard InChI is InChI=1S/C29H39NO4S/c1-6-25-23-17-29(4,5)13-11-22(23)28(35-25)24(31)9-7-20-15-18(2)21(19(3)16-20)8-10-26(32)30-14-12-27(33)34/h15-16H,6-14,17H2,1-5H3,(H,30,32)(H,33,34). The number of nitrogens with one attached hydrogen (secondary N) is 1. The molecule has 0 aliphatic heterocycles. The zero-order valence-electron chi connectivity index (χ0n) is 21.8. The fourth-order valence-corrected chi connectivity index (χ4v) is 6.47. The SMILES string of the molecule is CCc1sc(C(=O)CCc2cc(C)c(CCC(=O)NCCC(=O)O)c(C)c2)c2c1CC(C)(C)CC2. The Bertz CT molecular complexity index is 1090. The molecular weight excluding hydrogens is 458 g/mol. The number of fused-ring (bicyclic) bond motifs is 1. The number of aliphatic carboxylic acids is 1. The van der Waals surface area contributed by atoms with Gasteiger partial charge in [-0.15, -0.1) is 11.3 Å². The first kappa shape index (κ1) is 27.1. The van der Waals surface area contributed by atoms with Gasteiger partial charge in [-0.05, 0) is 91.2 Å². The van der Waals surface area contributed by atoms with Gasteiger partial charge in [-0.1, -0.05) is 32.9 Å². The van der Waals surface area contributed by atoms with Crippen molar-refractivity contribution in [1.82, 2.24) is 5.32 Å². The number of carboxylic acid groups (broad SMARTS) is 1. The summed E-state index contributed by atoms with van der Waals surface area (Å²) in [5.41, 5.74) is 7.65. The molecule has 0 unspecified atom stereocenters. The first-order valence-corrected chi connectivity index (χ1v) is 13.6. The molecule has 35 heavy (non-hydrogen) atoms. The topological polar surface area (TPSA) is 83.5 Å². The molecule has 0 spiro atoms. The number of carboxylic acids is 1. The van der Waals surface area contributed by atoms with Gasteiger partial charge in [-0.2, -0.15) is 0 Å². The van der Waals surface area contributed by atoms with Gasteiger partial charge in [-0.25, -0.2) is 0 Å². The van der Waals surface area contributed by atoms with Crippen molar-refractivity contribution in [3.05, 3.63) is 55.3 Å². The molecule has 6 heteroatoms. The zero-order chi connectivity index (χ0) is 25.8. The number of aryl methyl sites for hydroxylation is 4. The van der Waals surface area contributed by atoms with E-state index in [4.69, 9.17) is 5.11 Å². The summed E-state index contributed by atoms with van der Waals surface area (Å²) >= 11 is 1.72. The average Bonchev–Trinajstić information content (AvgIpc) is 3.13. The van der Waals surface area contributed by atoms with Crippen LogP contribution < -0.4 is 5.32 Å². The lowest BCUT2D eigenvalue weighted by Crippen LogP contribution is -2.26. The van der Waals surface area contributed by atoms with Crippen molar-refractivity contribution in [1.29, 1.82) is 0 Å². The maximum atomic E-state index is 13.3. The summed E-state index contributed by atoms with van der Waals surface area (Å²) in [6, 6.07) is 4.28. The van der Waals surface area contributed by atoms with Crippen LogP contribution in [-0.4, -0.2) is 29.3 Å². The van der Waals surface area contributed by atoms with Gasteiger partial charge in [0.2, 0.25) is 5.91 Å². The molecule has 1 heterocycles. The molecule has 2 N–H and O–H groups in total. The minimum Gasteiger partial charge on any atom is -0.481 e. The molecule has 0 fully saturated rings. The fraction of sp³-hybridized carbons (Fsp3) is 0.552. The Balaban J connectivity index is 1.62. The number of Topliss-reactive ketones (excluding diaryl/α,β-unsaturated/α-hetero) is 1. The van der Waals surface area contributed by atoms with Gasteiger partial charge in [0.15, 0.2) is 5.78 Å². The highest BCUT2D eigenvalue weighted by Gasteiger charge is 2.31. The molecule has 0 saturated heterocycles. The Morgan fingerprint density at radius 1 is 1.03 bits per heavy atom. The van der Waals surface area contributed by atoms with Gasteiger partial charge in [0.1, 0.15) is 0 Å². The van der Waals surface area contributed by atoms with Crippen molar-refractivity contribution in [3.63, 3.8) is 0 Å². The van der Waals surface area contributed by atoms with E-state index in [1.807, 2.05) is 0 Å². The van der Waals surface area contributed by atoms with Gasteiger partial charge < -0.3 is 10.4 Å². The van der Waals surface area contributed by atoms with Crippen LogP contribution in [-0.2, 0) is 41.7 Å². The van der Waals surface area contributed by atoms with E-state index in [1.165, 1.54) is 16.0 Å². The van der Waals surface area contributed by atoms with E-state index < -0.39 is 5.97 Å². The van der Waals surface area contributed by atoms with Crippen molar-refractivity contribution in [2.45, 2.75) is 92.4 Å². The molecule has 190 valence electrons. The van der Waals surface area contributed by atoms with Gasteiger partial charge in [0, 0.05) is 24.3 Å². The summed E-state index contributed by atoms with van der Waals surface area (Å²) in [6.07, 6.45) is 6.34. The van der Waals surface area contributed by atoms with Crippen LogP contribution in [0.2, 0.25) is 0 Å². The number of thiophene rings is 1. The number of hydrogen-bond acceptors (Lipinski definition) is 4. The van der Waals surface area contributed by atoms with Crippen molar-refractivity contribution < 1.29 is 19.5 Å². The van der Waals surface area contributed by atoms with E-state index in [-0.39, 0.29) is 24.7 Å². The lowest BCUT2D eigenvalue weighted by atomic mass is 9.74. The van der Waals surface area contributed by atoms with Crippen LogP contribution in [0.25, 0.3) is 0 Å². The van der Waals surface area contributed by atoms with Crippen LogP contribution in [0.3, 0.4) is 0 Å².